The van der Waals surface area contributed by atoms with Crippen molar-refractivity contribution in [3.8, 4) is 0 Å². The lowest BCUT2D eigenvalue weighted by Gasteiger charge is -2.07. The largest absolute Gasteiger partial charge is 0.417 e. The van der Waals surface area contributed by atoms with Gasteiger partial charge in [-0.1, -0.05) is 13.8 Å². The Morgan fingerprint density at radius 2 is 2.00 bits per heavy atom. The van der Waals surface area contributed by atoms with Gasteiger partial charge in [0, 0.05) is 24.2 Å². The highest BCUT2D eigenvalue weighted by Gasteiger charge is 2.30. The Morgan fingerprint density at radius 3 is 2.38 bits per heavy atom. The fourth-order valence-electron chi connectivity index (χ4n) is 1.08. The molecule has 0 fully saturated rings. The van der Waals surface area contributed by atoms with Crippen LogP contribution >= 0.6 is 0 Å². The van der Waals surface area contributed by atoms with E-state index in [4.69, 9.17) is 0 Å². The minimum atomic E-state index is -4.38. The molecule has 1 aromatic heterocycles. The van der Waals surface area contributed by atoms with E-state index in [2.05, 4.69) is 4.98 Å². The molecule has 2 nitrogen and oxygen atoms in total. The Morgan fingerprint density at radius 1 is 1.38 bits per heavy atom. The number of pyridine rings is 1. The number of rotatable bonds is 3. The van der Waals surface area contributed by atoms with Crippen molar-refractivity contribution in [3.05, 3.63) is 29.6 Å². The summed E-state index contributed by atoms with van der Waals surface area (Å²) in [5.74, 6) is -0.170. The van der Waals surface area contributed by atoms with E-state index in [9.17, 15) is 18.0 Å². The smallest absolute Gasteiger partial charge is 0.299 e. The van der Waals surface area contributed by atoms with Gasteiger partial charge in [-0.2, -0.15) is 13.2 Å². The molecular weight excluding hydrogens is 219 g/mol. The number of hydrogen-bond acceptors (Lipinski definition) is 2. The summed E-state index contributed by atoms with van der Waals surface area (Å²) in [5, 5.41) is 0. The van der Waals surface area contributed by atoms with E-state index in [1.807, 2.05) is 0 Å². The topological polar surface area (TPSA) is 30.0 Å². The number of aromatic nitrogens is 1. The van der Waals surface area contributed by atoms with Gasteiger partial charge in [-0.25, -0.2) is 0 Å². The molecule has 16 heavy (non-hydrogen) atoms. The molecule has 0 aromatic carbocycles. The third kappa shape index (κ3) is 3.32. The number of halogens is 3. The van der Waals surface area contributed by atoms with E-state index < -0.39 is 11.7 Å². The number of carbonyl (C=O) groups excluding carboxylic acids is 1. The number of ketones is 1. The van der Waals surface area contributed by atoms with Crippen LogP contribution in [0.1, 0.15) is 25.1 Å². The summed E-state index contributed by atoms with van der Waals surface area (Å²) in [6, 6.07) is 2.18. The first-order valence-corrected chi connectivity index (χ1v) is 4.85. The van der Waals surface area contributed by atoms with Gasteiger partial charge in [-0.15, -0.1) is 0 Å². The molecule has 5 heteroatoms. The fourth-order valence-corrected chi connectivity index (χ4v) is 1.08. The second kappa shape index (κ2) is 4.63. The molecular formula is C11H12F3NO. The molecule has 0 radical (unpaired) electrons. The molecule has 0 atom stereocenters. The van der Waals surface area contributed by atoms with Gasteiger partial charge in [0.1, 0.15) is 5.78 Å². The highest BCUT2D eigenvalue weighted by molar-refractivity contribution is 5.82. The van der Waals surface area contributed by atoms with Gasteiger partial charge >= 0.3 is 6.18 Å². The molecule has 0 unspecified atom stereocenters. The van der Waals surface area contributed by atoms with Crippen LogP contribution in [0.25, 0.3) is 0 Å². The van der Waals surface area contributed by atoms with Crippen molar-refractivity contribution in [1.29, 1.82) is 0 Å². The normalized spacial score (nSPS) is 11.9. The molecule has 0 aliphatic rings. The number of hydrogen-bond donors (Lipinski definition) is 0. The second-order valence-electron chi connectivity index (χ2n) is 3.83. The van der Waals surface area contributed by atoms with Gasteiger partial charge < -0.3 is 0 Å². The second-order valence-corrected chi connectivity index (χ2v) is 3.83. The van der Waals surface area contributed by atoms with Crippen molar-refractivity contribution in [2.24, 2.45) is 5.92 Å². The van der Waals surface area contributed by atoms with Crippen molar-refractivity contribution in [2.75, 3.05) is 0 Å². The van der Waals surface area contributed by atoms with E-state index >= 15 is 0 Å². The van der Waals surface area contributed by atoms with Crippen LogP contribution in [0.15, 0.2) is 18.3 Å². The minimum Gasteiger partial charge on any atom is -0.299 e. The van der Waals surface area contributed by atoms with Crippen LogP contribution in [0.3, 0.4) is 0 Å². The Balaban J connectivity index is 2.76. The van der Waals surface area contributed by atoms with E-state index in [-0.39, 0.29) is 18.1 Å². The lowest BCUT2D eigenvalue weighted by atomic mass is 10.0. The molecule has 1 heterocycles. The van der Waals surface area contributed by atoms with Crippen molar-refractivity contribution >= 4 is 5.78 Å². The molecule has 0 spiro atoms. The molecule has 88 valence electrons. The molecule has 1 aromatic rings. The summed E-state index contributed by atoms with van der Waals surface area (Å²) in [7, 11) is 0. The zero-order valence-corrected chi connectivity index (χ0v) is 9.01. The van der Waals surface area contributed by atoms with Crippen LogP contribution in [0, 0.1) is 5.92 Å². The van der Waals surface area contributed by atoms with Crippen LogP contribution in [0.4, 0.5) is 13.2 Å². The maximum Gasteiger partial charge on any atom is 0.417 e. The quantitative estimate of drug-likeness (QED) is 0.800. The van der Waals surface area contributed by atoms with Crippen LogP contribution < -0.4 is 0 Å². The maximum atomic E-state index is 12.2. The number of alkyl halides is 3. The molecule has 0 saturated carbocycles. The summed E-state index contributed by atoms with van der Waals surface area (Å²) in [6.45, 7) is 3.48. The highest BCUT2D eigenvalue weighted by atomic mass is 19.4. The zero-order valence-electron chi connectivity index (χ0n) is 9.01. The van der Waals surface area contributed by atoms with Gasteiger partial charge in [0.2, 0.25) is 0 Å². The van der Waals surface area contributed by atoms with Gasteiger partial charge in [0.25, 0.3) is 0 Å². The van der Waals surface area contributed by atoms with E-state index in [0.29, 0.717) is 5.69 Å². The standard InChI is InChI=1S/C11H12F3NO/c1-7(2)10(16)5-9-4-3-8(6-15-9)11(12,13)14/h3-4,6-7H,5H2,1-2H3. The third-order valence-corrected chi connectivity index (χ3v) is 2.15. The van der Waals surface area contributed by atoms with Crippen LogP contribution in [-0.4, -0.2) is 10.8 Å². The molecule has 0 aliphatic heterocycles. The fraction of sp³-hybridized carbons (Fsp3) is 0.455. The van der Waals surface area contributed by atoms with Gasteiger partial charge in [-0.05, 0) is 12.1 Å². The van der Waals surface area contributed by atoms with Gasteiger partial charge in [0.05, 0.1) is 5.56 Å². The molecule has 0 saturated heterocycles. The summed E-state index contributed by atoms with van der Waals surface area (Å²) in [5.41, 5.74) is -0.431. The van der Waals surface area contributed by atoms with E-state index in [1.54, 1.807) is 13.8 Å². The first-order valence-electron chi connectivity index (χ1n) is 4.85. The summed E-state index contributed by atoms with van der Waals surface area (Å²) >= 11 is 0. The Kier molecular flexibility index (Phi) is 3.67. The van der Waals surface area contributed by atoms with E-state index in [1.165, 1.54) is 6.07 Å². The zero-order chi connectivity index (χ0) is 12.3. The Bertz CT molecular complexity index is 368. The van der Waals surface area contributed by atoms with Gasteiger partial charge in [0.15, 0.2) is 0 Å². The molecule has 0 N–H and O–H groups in total. The number of nitrogens with zero attached hydrogens (tertiary/aromatic N) is 1. The minimum absolute atomic E-state index is 0.0349. The van der Waals surface area contributed by atoms with Gasteiger partial charge in [-0.3, -0.25) is 9.78 Å². The summed E-state index contributed by atoms with van der Waals surface area (Å²) < 4.78 is 36.6. The van der Waals surface area contributed by atoms with Crippen molar-refractivity contribution in [1.82, 2.24) is 4.98 Å². The molecule has 0 aliphatic carbocycles. The number of Topliss-reactive ketones (excluding diaryl/α,β-unsaturated/α-hetero) is 1. The molecule has 0 bridgehead atoms. The van der Waals surface area contributed by atoms with Crippen molar-refractivity contribution in [3.63, 3.8) is 0 Å². The number of carbonyl (C=O) groups is 1. The molecule has 1 rings (SSSR count). The van der Waals surface area contributed by atoms with Crippen molar-refractivity contribution < 1.29 is 18.0 Å². The third-order valence-electron chi connectivity index (χ3n) is 2.15. The Labute approximate surface area is 91.5 Å². The predicted octanol–water partition coefficient (Wildman–Crippen LogP) is 2.87. The van der Waals surface area contributed by atoms with E-state index in [0.717, 1.165) is 12.3 Å². The average molecular weight is 231 g/mol. The van der Waals surface area contributed by atoms with Crippen LogP contribution in [-0.2, 0) is 17.4 Å². The van der Waals surface area contributed by atoms with Crippen LogP contribution in [0.2, 0.25) is 0 Å². The SMILES string of the molecule is CC(C)C(=O)Cc1ccc(C(F)(F)F)cn1. The summed E-state index contributed by atoms with van der Waals surface area (Å²) in [4.78, 5) is 15.0. The summed E-state index contributed by atoms with van der Waals surface area (Å²) in [6.07, 6.45) is -3.55. The lowest BCUT2D eigenvalue weighted by Crippen LogP contribution is -2.12. The lowest BCUT2D eigenvalue weighted by molar-refractivity contribution is -0.137. The molecule has 0 amide bonds. The first-order chi connectivity index (χ1) is 7.30. The highest BCUT2D eigenvalue weighted by Crippen LogP contribution is 2.28. The van der Waals surface area contributed by atoms with Crippen LogP contribution in [0.5, 0.6) is 0 Å². The first kappa shape index (κ1) is 12.7. The van der Waals surface area contributed by atoms with Crippen molar-refractivity contribution in [2.45, 2.75) is 26.4 Å². The Hall–Kier alpha value is -1.39. The maximum absolute atomic E-state index is 12.2. The average Bonchev–Trinajstić information content (AvgIpc) is 2.17. The predicted molar refractivity (Wildman–Crippen MR) is 52.8 cm³/mol. The monoisotopic (exact) mass is 231 g/mol.